The van der Waals surface area contributed by atoms with E-state index in [1.165, 1.54) is 5.56 Å². The normalized spacial score (nSPS) is 14.1. The molecule has 1 unspecified atom stereocenters. The first-order valence-electron chi connectivity index (χ1n) is 9.52. The van der Waals surface area contributed by atoms with Crippen LogP contribution in [0.15, 0.2) is 36.4 Å². The number of nitrogens with one attached hydrogen (secondary N) is 3. The van der Waals surface area contributed by atoms with Crippen LogP contribution in [0.25, 0.3) is 23.1 Å². The Balaban J connectivity index is 2.11. The highest BCUT2D eigenvalue weighted by atomic mass is 16.1. The SMILES string of the molecule is C=C(/C=c1/[nH]c(N)n/c1=C/CC=O)C(NC)c1c(CN(C)C)[nH]c2ccccc12. The minimum Gasteiger partial charge on any atom is -0.369 e. The van der Waals surface area contributed by atoms with Gasteiger partial charge in [-0.05, 0) is 44.9 Å². The Morgan fingerprint density at radius 2 is 2.10 bits per heavy atom. The summed E-state index contributed by atoms with van der Waals surface area (Å²) in [5.41, 5.74) is 10.1. The molecule has 7 nitrogen and oxygen atoms in total. The van der Waals surface area contributed by atoms with Gasteiger partial charge in [0.15, 0.2) is 5.95 Å². The van der Waals surface area contributed by atoms with E-state index in [1.807, 2.05) is 39.4 Å². The Morgan fingerprint density at radius 3 is 2.79 bits per heavy atom. The molecule has 0 fully saturated rings. The second-order valence-electron chi connectivity index (χ2n) is 7.27. The fraction of sp³-hybridized carbons (Fsp3) is 0.273. The van der Waals surface area contributed by atoms with Gasteiger partial charge in [0.25, 0.3) is 0 Å². The molecule has 29 heavy (non-hydrogen) atoms. The van der Waals surface area contributed by atoms with Crippen molar-refractivity contribution in [1.29, 1.82) is 0 Å². The van der Waals surface area contributed by atoms with E-state index < -0.39 is 0 Å². The number of nitrogen functional groups attached to an aromatic ring is 1. The molecular weight excluding hydrogens is 364 g/mol. The van der Waals surface area contributed by atoms with Crippen LogP contribution in [0.1, 0.15) is 23.7 Å². The second-order valence-corrected chi connectivity index (χ2v) is 7.27. The topological polar surface area (TPSA) is 103 Å². The van der Waals surface area contributed by atoms with Crippen LogP contribution in [-0.2, 0) is 11.3 Å². The number of aromatic amines is 2. The van der Waals surface area contributed by atoms with Crippen LogP contribution < -0.4 is 21.7 Å². The number of anilines is 1. The van der Waals surface area contributed by atoms with Crippen molar-refractivity contribution < 1.29 is 4.79 Å². The van der Waals surface area contributed by atoms with Gasteiger partial charge in [0.2, 0.25) is 0 Å². The maximum absolute atomic E-state index is 10.7. The van der Waals surface area contributed by atoms with Crippen molar-refractivity contribution >= 4 is 35.3 Å². The Morgan fingerprint density at radius 1 is 1.34 bits per heavy atom. The summed E-state index contributed by atoms with van der Waals surface area (Å²) in [6.45, 7) is 5.10. The van der Waals surface area contributed by atoms with Crippen molar-refractivity contribution in [3.63, 3.8) is 0 Å². The number of H-pyrrole nitrogens is 2. The lowest BCUT2D eigenvalue weighted by atomic mass is 9.96. The van der Waals surface area contributed by atoms with E-state index in [0.717, 1.165) is 40.4 Å². The number of aromatic nitrogens is 3. The fourth-order valence-electron chi connectivity index (χ4n) is 3.62. The Hall–Kier alpha value is -3.16. The standard InChI is InChI=1S/C22H28N6O/c1-14(12-18-17(10-7-11-29)26-22(23)27-18)21(24-2)20-15-8-5-6-9-16(15)25-19(20)13-28(3)4/h5-6,8-12,21,24-25H,1,7,13H2,2-4H3,(H3,23,26,27)/b17-10+,18-12+. The largest absolute Gasteiger partial charge is 0.369 e. The molecule has 3 rings (SSSR count). The number of nitrogens with two attached hydrogens (primary N) is 1. The lowest BCUT2D eigenvalue weighted by Gasteiger charge is -2.20. The first-order chi connectivity index (χ1) is 13.9. The van der Waals surface area contributed by atoms with Gasteiger partial charge in [0, 0.05) is 35.1 Å². The van der Waals surface area contributed by atoms with Gasteiger partial charge in [-0.3, -0.25) is 0 Å². The number of likely N-dealkylation sites (N-methyl/N-ethyl adjacent to an activating group) is 1. The number of hydrogen-bond donors (Lipinski definition) is 4. The number of rotatable bonds is 8. The van der Waals surface area contributed by atoms with Gasteiger partial charge in [-0.25, -0.2) is 4.98 Å². The smallest absolute Gasteiger partial charge is 0.198 e. The summed E-state index contributed by atoms with van der Waals surface area (Å²) in [5, 5.41) is 5.95. The van der Waals surface area contributed by atoms with Gasteiger partial charge < -0.3 is 30.7 Å². The molecule has 0 bridgehead atoms. The second kappa shape index (κ2) is 8.89. The first kappa shape index (κ1) is 20.6. The number of imidazole rings is 1. The zero-order chi connectivity index (χ0) is 21.0. The van der Waals surface area contributed by atoms with E-state index in [0.29, 0.717) is 11.3 Å². The number of para-hydroxylation sites is 1. The quantitative estimate of drug-likeness (QED) is 0.432. The van der Waals surface area contributed by atoms with E-state index in [-0.39, 0.29) is 12.5 Å². The molecule has 1 atom stereocenters. The molecule has 2 aromatic heterocycles. The lowest BCUT2D eigenvalue weighted by molar-refractivity contribution is -0.106. The molecule has 1 aromatic carbocycles. The minimum atomic E-state index is -0.107. The third kappa shape index (κ3) is 4.47. The van der Waals surface area contributed by atoms with E-state index in [2.05, 4.69) is 43.9 Å². The minimum absolute atomic E-state index is 0.107. The van der Waals surface area contributed by atoms with Gasteiger partial charge in [-0.15, -0.1) is 0 Å². The summed E-state index contributed by atoms with van der Waals surface area (Å²) >= 11 is 0. The van der Waals surface area contributed by atoms with Crippen LogP contribution in [0.5, 0.6) is 0 Å². The summed E-state index contributed by atoms with van der Waals surface area (Å²) in [5.74, 6) is 0.308. The number of benzene rings is 1. The number of carbonyl (C=O) groups excluding carboxylic acids is 1. The number of carbonyl (C=O) groups is 1. The number of nitrogens with zero attached hydrogens (tertiary/aromatic N) is 2. The molecule has 0 amide bonds. The highest BCUT2D eigenvalue weighted by molar-refractivity contribution is 5.86. The molecular formula is C22H28N6O. The molecule has 0 aliphatic carbocycles. The van der Waals surface area contributed by atoms with E-state index in [9.17, 15) is 4.79 Å². The van der Waals surface area contributed by atoms with Crippen molar-refractivity contribution in [2.45, 2.75) is 19.0 Å². The van der Waals surface area contributed by atoms with Gasteiger partial charge in [-0.2, -0.15) is 0 Å². The monoisotopic (exact) mass is 392 g/mol. The molecule has 0 radical (unpaired) electrons. The summed E-state index contributed by atoms with van der Waals surface area (Å²) in [6, 6.07) is 8.17. The molecule has 0 aliphatic heterocycles. The molecule has 0 spiro atoms. The zero-order valence-corrected chi connectivity index (χ0v) is 17.1. The van der Waals surface area contributed by atoms with Gasteiger partial charge in [0.1, 0.15) is 6.29 Å². The molecule has 0 saturated heterocycles. The van der Waals surface area contributed by atoms with Crippen molar-refractivity contribution in [1.82, 2.24) is 25.2 Å². The Kier molecular flexibility index (Phi) is 6.31. The highest BCUT2D eigenvalue weighted by Crippen LogP contribution is 2.32. The van der Waals surface area contributed by atoms with Gasteiger partial charge in [-0.1, -0.05) is 24.8 Å². The van der Waals surface area contributed by atoms with Crippen LogP contribution in [0.4, 0.5) is 5.95 Å². The molecule has 0 aliphatic rings. The zero-order valence-electron chi connectivity index (χ0n) is 17.1. The number of hydrogen-bond acceptors (Lipinski definition) is 5. The molecule has 0 saturated carbocycles. The predicted octanol–water partition coefficient (Wildman–Crippen LogP) is 1.20. The van der Waals surface area contributed by atoms with Crippen LogP contribution >= 0.6 is 0 Å². The summed E-state index contributed by atoms with van der Waals surface area (Å²) < 4.78 is 0. The molecule has 152 valence electrons. The van der Waals surface area contributed by atoms with E-state index in [4.69, 9.17) is 5.73 Å². The third-order valence-electron chi connectivity index (χ3n) is 4.77. The van der Waals surface area contributed by atoms with Crippen molar-refractivity contribution in [3.05, 3.63) is 58.4 Å². The average molecular weight is 393 g/mol. The summed E-state index contributed by atoms with van der Waals surface area (Å²) in [6.07, 6.45) is 4.79. The van der Waals surface area contributed by atoms with E-state index in [1.54, 1.807) is 6.08 Å². The molecule has 5 N–H and O–H groups in total. The van der Waals surface area contributed by atoms with Gasteiger partial charge >= 0.3 is 0 Å². The summed E-state index contributed by atoms with van der Waals surface area (Å²) in [7, 11) is 6.02. The molecule has 3 aromatic rings. The van der Waals surface area contributed by atoms with Crippen molar-refractivity contribution in [2.75, 3.05) is 26.9 Å². The molecule has 7 heteroatoms. The van der Waals surface area contributed by atoms with Crippen LogP contribution in [0, 0.1) is 0 Å². The fourth-order valence-corrected chi connectivity index (χ4v) is 3.62. The number of fused-ring (bicyclic) bond motifs is 1. The Bertz CT molecular complexity index is 1140. The predicted molar refractivity (Wildman–Crippen MR) is 118 cm³/mol. The number of aldehydes is 1. The van der Waals surface area contributed by atoms with Gasteiger partial charge in [0.05, 0.1) is 16.7 Å². The Labute approximate surface area is 170 Å². The summed E-state index contributed by atoms with van der Waals surface area (Å²) in [4.78, 5) is 23.7. The van der Waals surface area contributed by atoms with Crippen molar-refractivity contribution in [2.24, 2.45) is 0 Å². The first-order valence-corrected chi connectivity index (χ1v) is 9.52. The average Bonchev–Trinajstić information content (AvgIpc) is 3.20. The van der Waals surface area contributed by atoms with Crippen LogP contribution in [0.2, 0.25) is 0 Å². The maximum Gasteiger partial charge on any atom is 0.198 e. The third-order valence-corrected chi connectivity index (χ3v) is 4.77. The molecule has 2 heterocycles. The highest BCUT2D eigenvalue weighted by Gasteiger charge is 2.21. The maximum atomic E-state index is 10.7. The van der Waals surface area contributed by atoms with Crippen LogP contribution in [-0.4, -0.2) is 47.3 Å². The lowest BCUT2D eigenvalue weighted by Crippen LogP contribution is -2.27. The van der Waals surface area contributed by atoms with Crippen molar-refractivity contribution in [3.8, 4) is 0 Å². The van der Waals surface area contributed by atoms with E-state index >= 15 is 0 Å². The van der Waals surface area contributed by atoms with Crippen LogP contribution in [0.3, 0.4) is 0 Å².